The molecule has 0 radical (unpaired) electrons. The third-order valence-electron chi connectivity index (χ3n) is 2.67. The molecule has 3 nitrogen and oxygen atoms in total. The van der Waals surface area contributed by atoms with Crippen LogP contribution in [0.15, 0.2) is 48.8 Å². The number of fused-ring (bicyclic) bond motifs is 1. The summed E-state index contributed by atoms with van der Waals surface area (Å²) in [7, 11) is 0. The molecule has 3 aromatic heterocycles. The predicted molar refractivity (Wildman–Crippen MR) is 63.4 cm³/mol. The molecule has 0 spiro atoms. The number of pyridine rings is 2. The fraction of sp³-hybridized carbons (Fsp3) is 0.0769. The maximum Gasteiger partial charge on any atom is 0.433 e. The second-order valence-corrected chi connectivity index (χ2v) is 4.00. The van der Waals surface area contributed by atoms with E-state index in [4.69, 9.17) is 0 Å². The Morgan fingerprint density at radius 1 is 0.895 bits per heavy atom. The quantitative estimate of drug-likeness (QED) is 0.673. The van der Waals surface area contributed by atoms with Crippen molar-refractivity contribution in [2.75, 3.05) is 0 Å². The van der Waals surface area contributed by atoms with Crippen LogP contribution in [-0.4, -0.2) is 14.4 Å². The first-order chi connectivity index (χ1) is 9.04. The molecule has 3 heterocycles. The number of hydrogen-bond donors (Lipinski definition) is 0. The van der Waals surface area contributed by atoms with Crippen LogP contribution in [0.4, 0.5) is 13.2 Å². The van der Waals surface area contributed by atoms with Crippen LogP contribution >= 0.6 is 0 Å². The Labute approximate surface area is 106 Å². The van der Waals surface area contributed by atoms with Crippen molar-refractivity contribution in [2.45, 2.75) is 6.18 Å². The molecule has 0 saturated heterocycles. The number of nitrogens with zero attached hydrogens (tertiary/aromatic N) is 3. The molecule has 0 aliphatic rings. The van der Waals surface area contributed by atoms with Gasteiger partial charge >= 0.3 is 6.18 Å². The summed E-state index contributed by atoms with van der Waals surface area (Å²) >= 11 is 0. The van der Waals surface area contributed by atoms with Gasteiger partial charge in [-0.15, -0.1) is 0 Å². The third-order valence-corrected chi connectivity index (χ3v) is 2.67. The van der Waals surface area contributed by atoms with Gasteiger partial charge in [-0.3, -0.25) is 0 Å². The van der Waals surface area contributed by atoms with Crippen molar-refractivity contribution in [3.8, 4) is 11.4 Å². The minimum absolute atomic E-state index is 0.207. The molecule has 3 aromatic rings. The Morgan fingerprint density at radius 2 is 1.74 bits per heavy atom. The van der Waals surface area contributed by atoms with Crippen molar-refractivity contribution in [3.63, 3.8) is 0 Å². The summed E-state index contributed by atoms with van der Waals surface area (Å²) in [6.07, 6.45) is -1.02. The molecular weight excluding hydrogens is 255 g/mol. The maximum atomic E-state index is 12.6. The van der Waals surface area contributed by atoms with Crippen LogP contribution in [0.5, 0.6) is 0 Å². The molecule has 19 heavy (non-hydrogen) atoms. The summed E-state index contributed by atoms with van der Waals surface area (Å²) in [5.41, 5.74) is 0.370. The molecule has 3 rings (SSSR count). The predicted octanol–water partition coefficient (Wildman–Crippen LogP) is 3.42. The largest absolute Gasteiger partial charge is 0.433 e. The third kappa shape index (κ3) is 2.16. The zero-order chi connectivity index (χ0) is 13.5. The van der Waals surface area contributed by atoms with E-state index >= 15 is 0 Å². The second kappa shape index (κ2) is 4.08. The number of hydrogen-bond acceptors (Lipinski definition) is 2. The monoisotopic (exact) mass is 263 g/mol. The number of rotatable bonds is 1. The zero-order valence-electron chi connectivity index (χ0n) is 9.59. The highest BCUT2D eigenvalue weighted by atomic mass is 19.4. The van der Waals surface area contributed by atoms with E-state index in [2.05, 4.69) is 9.97 Å². The Hall–Kier alpha value is -2.37. The van der Waals surface area contributed by atoms with E-state index in [0.717, 1.165) is 6.07 Å². The van der Waals surface area contributed by atoms with Crippen LogP contribution in [0, 0.1) is 0 Å². The van der Waals surface area contributed by atoms with Gasteiger partial charge in [0.2, 0.25) is 0 Å². The summed E-state index contributed by atoms with van der Waals surface area (Å²) in [6, 6.07) is 9.19. The fourth-order valence-electron chi connectivity index (χ4n) is 1.79. The average molecular weight is 263 g/mol. The molecule has 96 valence electrons. The summed E-state index contributed by atoms with van der Waals surface area (Å²) in [5, 5.41) is 0. The van der Waals surface area contributed by atoms with Gasteiger partial charge in [0.1, 0.15) is 17.0 Å². The van der Waals surface area contributed by atoms with E-state index in [1.807, 2.05) is 12.1 Å². The minimum atomic E-state index is -4.45. The van der Waals surface area contributed by atoms with E-state index in [0.29, 0.717) is 11.3 Å². The first kappa shape index (κ1) is 11.7. The molecule has 0 atom stereocenters. The molecule has 0 unspecified atom stereocenters. The van der Waals surface area contributed by atoms with Crippen molar-refractivity contribution in [3.05, 3.63) is 54.5 Å². The van der Waals surface area contributed by atoms with Crippen LogP contribution < -0.4 is 0 Å². The Balaban J connectivity index is 2.11. The Bertz CT molecular complexity index is 698. The minimum Gasteiger partial charge on any atom is -0.306 e. The number of halogens is 3. The molecule has 0 fully saturated rings. The maximum absolute atomic E-state index is 12.6. The van der Waals surface area contributed by atoms with Gasteiger partial charge in [0.05, 0.1) is 5.69 Å². The van der Waals surface area contributed by atoms with E-state index < -0.39 is 11.9 Å². The highest BCUT2D eigenvalue weighted by Crippen LogP contribution is 2.29. The smallest absolute Gasteiger partial charge is 0.306 e. The normalized spacial score (nSPS) is 11.9. The van der Waals surface area contributed by atoms with Gasteiger partial charge in [-0.1, -0.05) is 12.1 Å². The van der Waals surface area contributed by atoms with Gasteiger partial charge in [-0.2, -0.15) is 13.2 Å². The standard InChI is InChI=1S/C13H8F3N3/c14-13(15,16)11-5-3-4-9(17-11)10-8-19-7-2-1-6-12(19)18-10/h1-8H. The van der Waals surface area contributed by atoms with Crippen molar-refractivity contribution in [1.29, 1.82) is 0 Å². The number of alkyl halides is 3. The van der Waals surface area contributed by atoms with E-state index in [9.17, 15) is 13.2 Å². The van der Waals surface area contributed by atoms with Gasteiger partial charge in [0, 0.05) is 12.4 Å². The SMILES string of the molecule is FC(F)(F)c1cccc(-c2cn3ccccc3n2)n1. The van der Waals surface area contributed by atoms with Crippen LogP contribution in [0.2, 0.25) is 0 Å². The van der Waals surface area contributed by atoms with E-state index in [1.54, 1.807) is 22.9 Å². The highest BCUT2D eigenvalue weighted by Gasteiger charge is 2.32. The van der Waals surface area contributed by atoms with Gasteiger partial charge in [0.25, 0.3) is 0 Å². The van der Waals surface area contributed by atoms with Gasteiger partial charge < -0.3 is 4.40 Å². The van der Waals surface area contributed by atoms with Crippen molar-refractivity contribution < 1.29 is 13.2 Å². The summed E-state index contributed by atoms with van der Waals surface area (Å²) in [6.45, 7) is 0. The number of aromatic nitrogens is 3. The van der Waals surface area contributed by atoms with Gasteiger partial charge in [-0.25, -0.2) is 9.97 Å². The van der Waals surface area contributed by atoms with Crippen molar-refractivity contribution >= 4 is 5.65 Å². The molecule has 0 bridgehead atoms. The zero-order valence-corrected chi connectivity index (χ0v) is 9.59. The summed E-state index contributed by atoms with van der Waals surface area (Å²) < 4.78 is 39.5. The average Bonchev–Trinajstić information content (AvgIpc) is 2.81. The van der Waals surface area contributed by atoms with Crippen LogP contribution in [0.25, 0.3) is 17.0 Å². The van der Waals surface area contributed by atoms with Crippen LogP contribution in [0.3, 0.4) is 0 Å². The summed E-state index contributed by atoms with van der Waals surface area (Å²) in [4.78, 5) is 7.85. The Kier molecular flexibility index (Phi) is 2.51. The van der Waals surface area contributed by atoms with Gasteiger partial charge in [0.15, 0.2) is 0 Å². The molecule has 0 saturated carbocycles. The van der Waals surface area contributed by atoms with Crippen molar-refractivity contribution in [1.82, 2.24) is 14.4 Å². The molecule has 6 heteroatoms. The van der Waals surface area contributed by atoms with Crippen molar-refractivity contribution in [2.24, 2.45) is 0 Å². The second-order valence-electron chi connectivity index (χ2n) is 4.00. The van der Waals surface area contributed by atoms with Gasteiger partial charge in [-0.05, 0) is 24.3 Å². The van der Waals surface area contributed by atoms with E-state index in [-0.39, 0.29) is 5.69 Å². The first-order valence-electron chi connectivity index (χ1n) is 5.52. The topological polar surface area (TPSA) is 30.2 Å². The lowest BCUT2D eigenvalue weighted by atomic mass is 10.2. The molecule has 0 N–H and O–H groups in total. The van der Waals surface area contributed by atoms with Crippen LogP contribution in [0.1, 0.15) is 5.69 Å². The molecular formula is C13H8F3N3. The lowest BCUT2D eigenvalue weighted by molar-refractivity contribution is -0.141. The molecule has 0 aliphatic heterocycles. The molecule has 0 amide bonds. The van der Waals surface area contributed by atoms with Crippen LogP contribution in [-0.2, 0) is 6.18 Å². The fourth-order valence-corrected chi connectivity index (χ4v) is 1.79. The Morgan fingerprint density at radius 3 is 2.47 bits per heavy atom. The summed E-state index contributed by atoms with van der Waals surface area (Å²) in [5.74, 6) is 0. The number of imidazole rings is 1. The molecule has 0 aliphatic carbocycles. The highest BCUT2D eigenvalue weighted by molar-refractivity contribution is 5.58. The van der Waals surface area contributed by atoms with E-state index in [1.165, 1.54) is 12.1 Å². The molecule has 0 aromatic carbocycles. The lowest BCUT2D eigenvalue weighted by Crippen LogP contribution is -2.07. The first-order valence-corrected chi connectivity index (χ1v) is 5.52. The lowest BCUT2D eigenvalue weighted by Gasteiger charge is -2.05.